The van der Waals surface area contributed by atoms with Gasteiger partial charge in [0, 0.05) is 32.9 Å². The summed E-state index contributed by atoms with van der Waals surface area (Å²) in [5.41, 5.74) is 15.2. The van der Waals surface area contributed by atoms with E-state index in [0.717, 1.165) is 0 Å². The lowest BCUT2D eigenvalue weighted by Gasteiger charge is -2.31. The van der Waals surface area contributed by atoms with E-state index >= 15 is 0 Å². The topological polar surface area (TPSA) is 9.86 Å². The molecule has 2 nitrogen and oxygen atoms in total. The van der Waals surface area contributed by atoms with E-state index in [0.29, 0.717) is 0 Å². The van der Waals surface area contributed by atoms with Crippen molar-refractivity contribution < 1.29 is 0 Å². The molecular formula is C62H52N2Si. The molecule has 1 aliphatic rings. The summed E-state index contributed by atoms with van der Waals surface area (Å²) in [7, 11) is -2.75. The van der Waals surface area contributed by atoms with Crippen LogP contribution in [-0.2, 0) is 10.8 Å². The molecule has 0 saturated carbocycles. The fourth-order valence-electron chi connectivity index (χ4n) is 11.0. The van der Waals surface area contributed by atoms with Crippen molar-refractivity contribution in [1.82, 2.24) is 9.13 Å². The van der Waals surface area contributed by atoms with Crippen LogP contribution in [-0.4, -0.2) is 17.2 Å². The van der Waals surface area contributed by atoms with Crippen molar-refractivity contribution in [3.8, 4) is 33.6 Å². The molecule has 9 aromatic carbocycles. The zero-order valence-electron chi connectivity index (χ0n) is 38.0. The summed E-state index contributed by atoms with van der Waals surface area (Å²) in [6.45, 7) is 13.9. The lowest BCUT2D eigenvalue weighted by atomic mass is 9.85. The first kappa shape index (κ1) is 39.4. The summed E-state index contributed by atoms with van der Waals surface area (Å²) >= 11 is 0. The Hall–Kier alpha value is -7.20. The second-order valence-electron chi connectivity index (χ2n) is 20.2. The van der Waals surface area contributed by atoms with Gasteiger partial charge in [0.1, 0.15) is 0 Å². The monoisotopic (exact) mass is 852 g/mol. The second-order valence-corrected chi connectivity index (χ2v) is 23.9. The predicted octanol–water partition coefficient (Wildman–Crippen LogP) is 13.5. The molecule has 0 bridgehead atoms. The molecule has 3 heterocycles. The van der Waals surface area contributed by atoms with Gasteiger partial charge in [0.2, 0.25) is 0 Å². The molecule has 0 N–H and O–H groups in total. The van der Waals surface area contributed by atoms with Crippen LogP contribution < -0.4 is 20.7 Å². The van der Waals surface area contributed by atoms with Crippen LogP contribution in [0.2, 0.25) is 0 Å². The molecule has 2 aromatic heterocycles. The minimum absolute atomic E-state index is 0.0446. The van der Waals surface area contributed by atoms with Crippen LogP contribution in [0.15, 0.2) is 206 Å². The van der Waals surface area contributed by atoms with Gasteiger partial charge < -0.3 is 9.13 Å². The van der Waals surface area contributed by atoms with E-state index in [9.17, 15) is 0 Å². The largest absolute Gasteiger partial charge is 0.309 e. The van der Waals surface area contributed by atoms with Gasteiger partial charge >= 0.3 is 0 Å². The Morgan fingerprint density at radius 3 is 1.48 bits per heavy atom. The molecule has 3 heteroatoms. The summed E-state index contributed by atoms with van der Waals surface area (Å²) in [5, 5.41) is 10.9. The first-order valence-corrected chi connectivity index (χ1v) is 25.1. The van der Waals surface area contributed by atoms with Gasteiger partial charge in [-0.2, -0.15) is 0 Å². The van der Waals surface area contributed by atoms with Crippen molar-refractivity contribution in [2.45, 2.75) is 52.4 Å². The van der Waals surface area contributed by atoms with Gasteiger partial charge in [0.05, 0.1) is 22.1 Å². The SMILES string of the molecule is CC(C)(C)c1ccc2c(c1)c1cc(C(C)(C)C)ccc1n2-c1ccc2c(c1)-c1ccccc1[Si]2(c1ccccc1)c1ccc(-c2ccc3c(c2)c2ccccc2n3-c2ccccc2)cc1. The molecule has 0 amide bonds. The molecule has 1 aliphatic heterocycles. The highest BCUT2D eigenvalue weighted by Crippen LogP contribution is 2.40. The van der Waals surface area contributed by atoms with Crippen LogP contribution >= 0.6 is 0 Å². The second kappa shape index (κ2) is 14.4. The van der Waals surface area contributed by atoms with E-state index < -0.39 is 8.07 Å². The third-order valence-electron chi connectivity index (χ3n) is 14.3. The number of fused-ring (bicyclic) bond motifs is 9. The molecule has 0 spiro atoms. The van der Waals surface area contributed by atoms with Crippen molar-refractivity contribution in [3.63, 3.8) is 0 Å². The van der Waals surface area contributed by atoms with Gasteiger partial charge in [-0.1, -0.05) is 181 Å². The molecule has 0 aliphatic carbocycles. The first-order chi connectivity index (χ1) is 31.5. The minimum atomic E-state index is -2.75. The first-order valence-electron chi connectivity index (χ1n) is 23.1. The molecule has 11 aromatic rings. The summed E-state index contributed by atoms with van der Waals surface area (Å²) in [4.78, 5) is 0. The summed E-state index contributed by atoms with van der Waals surface area (Å²) in [6, 6.07) is 78.4. The number of para-hydroxylation sites is 2. The number of nitrogens with zero attached hydrogens (tertiary/aromatic N) is 2. The highest BCUT2D eigenvalue weighted by molar-refractivity contribution is 7.22. The zero-order valence-corrected chi connectivity index (χ0v) is 39.0. The Labute approximate surface area is 383 Å². The van der Waals surface area contributed by atoms with E-state index in [4.69, 9.17) is 0 Å². The number of hydrogen-bond donors (Lipinski definition) is 0. The summed E-state index contributed by atoms with van der Waals surface area (Å²) in [5.74, 6) is 0. The van der Waals surface area contributed by atoms with Gasteiger partial charge in [-0.25, -0.2) is 0 Å². The van der Waals surface area contributed by atoms with Gasteiger partial charge in [-0.05, 0) is 132 Å². The Morgan fingerprint density at radius 1 is 0.323 bits per heavy atom. The van der Waals surface area contributed by atoms with Crippen molar-refractivity contribution in [3.05, 3.63) is 217 Å². The maximum atomic E-state index is 2.51. The van der Waals surface area contributed by atoms with E-state index in [1.165, 1.54) is 109 Å². The molecule has 12 rings (SSSR count). The summed E-state index contributed by atoms with van der Waals surface area (Å²) < 4.78 is 4.90. The van der Waals surface area contributed by atoms with E-state index in [1.807, 2.05) is 0 Å². The number of rotatable bonds is 5. The standard InChI is InChI=1S/C62H52N2Si/c1-61(2,3)43-28-34-57-52(38-43)53-39-44(62(4,5)6)29-35-58(53)64(57)46-30-36-60-54(40-46)50-22-14-16-24-59(50)65(60,47-19-11-8-12-20-47)48-31-25-41(26-32-48)42-27-33-56-51(37-42)49-21-13-15-23-55(49)63(56)45-17-9-7-10-18-45/h7-40H,1-6H3. The molecule has 0 saturated heterocycles. The van der Waals surface area contributed by atoms with Gasteiger partial charge in [0.15, 0.2) is 8.07 Å². The quantitative estimate of drug-likeness (QED) is 0.153. The Bertz CT molecular complexity index is 3580. The average Bonchev–Trinajstić information content (AvgIpc) is 3.95. The van der Waals surface area contributed by atoms with Crippen LogP contribution in [0.3, 0.4) is 0 Å². The van der Waals surface area contributed by atoms with Gasteiger partial charge in [-0.3, -0.25) is 0 Å². The Kier molecular flexibility index (Phi) is 8.73. The smallest absolute Gasteiger partial charge is 0.180 e. The van der Waals surface area contributed by atoms with Crippen LogP contribution in [0, 0.1) is 0 Å². The van der Waals surface area contributed by atoms with Crippen molar-refractivity contribution in [2.75, 3.05) is 0 Å². The fraction of sp³-hybridized carbons (Fsp3) is 0.129. The normalized spacial score (nSPS) is 15.0. The Morgan fingerprint density at radius 2 is 0.815 bits per heavy atom. The minimum Gasteiger partial charge on any atom is -0.309 e. The van der Waals surface area contributed by atoms with Gasteiger partial charge in [0.25, 0.3) is 0 Å². The van der Waals surface area contributed by atoms with Crippen molar-refractivity contribution >= 4 is 72.4 Å². The molecule has 314 valence electrons. The molecule has 1 unspecified atom stereocenters. The average molecular weight is 853 g/mol. The lowest BCUT2D eigenvalue weighted by Crippen LogP contribution is -2.72. The lowest BCUT2D eigenvalue weighted by molar-refractivity contribution is 0.590. The van der Waals surface area contributed by atoms with E-state index in [1.54, 1.807) is 0 Å². The molecule has 65 heavy (non-hydrogen) atoms. The highest BCUT2D eigenvalue weighted by atomic mass is 28.3. The maximum Gasteiger partial charge on any atom is 0.180 e. The third-order valence-corrected chi connectivity index (χ3v) is 19.2. The molecule has 1 atom stereocenters. The summed E-state index contributed by atoms with van der Waals surface area (Å²) in [6.07, 6.45) is 0. The highest BCUT2D eigenvalue weighted by Gasteiger charge is 2.48. The van der Waals surface area contributed by atoms with Crippen molar-refractivity contribution in [1.29, 1.82) is 0 Å². The predicted molar refractivity (Wildman–Crippen MR) is 281 cm³/mol. The van der Waals surface area contributed by atoms with E-state index in [2.05, 4.69) is 257 Å². The fourth-order valence-corrected chi connectivity index (χ4v) is 16.2. The van der Waals surface area contributed by atoms with Crippen LogP contribution in [0.5, 0.6) is 0 Å². The van der Waals surface area contributed by atoms with E-state index in [-0.39, 0.29) is 10.8 Å². The molecule has 0 radical (unpaired) electrons. The number of aromatic nitrogens is 2. The number of benzene rings is 9. The number of hydrogen-bond acceptors (Lipinski definition) is 0. The molecular weight excluding hydrogens is 801 g/mol. The zero-order chi connectivity index (χ0) is 44.2. The van der Waals surface area contributed by atoms with Crippen LogP contribution in [0.1, 0.15) is 52.7 Å². The van der Waals surface area contributed by atoms with Crippen LogP contribution in [0.4, 0.5) is 0 Å². The molecule has 0 fully saturated rings. The van der Waals surface area contributed by atoms with Gasteiger partial charge in [-0.15, -0.1) is 0 Å². The third kappa shape index (κ3) is 5.99. The van der Waals surface area contributed by atoms with Crippen LogP contribution in [0.25, 0.3) is 77.2 Å². The maximum absolute atomic E-state index is 2.75. The van der Waals surface area contributed by atoms with Crippen molar-refractivity contribution in [2.24, 2.45) is 0 Å². The Balaban J connectivity index is 1.03.